The van der Waals surface area contributed by atoms with Crippen LogP contribution in [0.2, 0.25) is 0 Å². The van der Waals surface area contributed by atoms with Gasteiger partial charge in [-0.05, 0) is 0 Å². The van der Waals surface area contributed by atoms with E-state index in [1.807, 2.05) is 0 Å². The van der Waals surface area contributed by atoms with E-state index in [4.69, 9.17) is 0 Å². The number of ketones is 1. The molecule has 0 saturated heterocycles. The molecule has 0 aromatic heterocycles. The van der Waals surface area contributed by atoms with Crippen molar-refractivity contribution in [1.29, 1.82) is 0 Å². The summed E-state index contributed by atoms with van der Waals surface area (Å²) < 4.78 is 0. The number of halogens is 1. The minimum absolute atomic E-state index is 0.0943. The Kier molecular flexibility index (Phi) is 2.55. The summed E-state index contributed by atoms with van der Waals surface area (Å²) in [6.07, 6.45) is 9.87. The molecular weight excluding hydrogens is 192 g/mol. The molecule has 0 heterocycles. The lowest BCUT2D eigenvalue weighted by Crippen LogP contribution is -2.01. The maximum Gasteiger partial charge on any atom is 0.228 e. The Balaban J connectivity index is 2.74. The summed E-state index contributed by atoms with van der Waals surface area (Å²) in [5.41, 5.74) is 0.708. The molecule has 0 aliphatic heterocycles. The van der Waals surface area contributed by atoms with Gasteiger partial charge in [-0.15, -0.1) is 0 Å². The SMILES string of the molecule is O=C(CBr)C1=CC=C[C+]=C1. The average Bonchev–Trinajstić information content (AvgIpc) is 2.05. The normalized spacial score (nSPS) is 14.3. The molecule has 0 amide bonds. The van der Waals surface area contributed by atoms with E-state index in [2.05, 4.69) is 22.0 Å². The molecule has 0 spiro atoms. The Hall–Kier alpha value is -0.720. The zero-order chi connectivity index (χ0) is 7.40. The van der Waals surface area contributed by atoms with Gasteiger partial charge in [0.2, 0.25) is 5.78 Å². The lowest BCUT2D eigenvalue weighted by Gasteiger charge is -1.88. The van der Waals surface area contributed by atoms with Gasteiger partial charge in [0.15, 0.2) is 0 Å². The summed E-state index contributed by atoms with van der Waals surface area (Å²) in [4.78, 5) is 10.9. The fourth-order valence-electron chi connectivity index (χ4n) is 0.644. The molecular formula is C8H6BrO+. The summed E-state index contributed by atoms with van der Waals surface area (Å²) in [5.74, 6) is 0.0943. The second-order valence-electron chi connectivity index (χ2n) is 1.85. The van der Waals surface area contributed by atoms with Gasteiger partial charge in [0.1, 0.15) is 17.7 Å². The fraction of sp³-hybridized carbons (Fsp3) is 0.125. The Morgan fingerprint density at radius 2 is 2.50 bits per heavy atom. The van der Waals surface area contributed by atoms with Gasteiger partial charge in [-0.3, -0.25) is 4.79 Å². The van der Waals surface area contributed by atoms with E-state index in [1.165, 1.54) is 0 Å². The Labute approximate surface area is 68.2 Å². The van der Waals surface area contributed by atoms with E-state index in [9.17, 15) is 4.79 Å². The predicted molar refractivity (Wildman–Crippen MR) is 43.8 cm³/mol. The predicted octanol–water partition coefficient (Wildman–Crippen LogP) is 1.81. The van der Waals surface area contributed by atoms with Gasteiger partial charge in [-0.25, -0.2) is 0 Å². The van der Waals surface area contributed by atoms with Crippen molar-refractivity contribution in [1.82, 2.24) is 0 Å². The van der Waals surface area contributed by atoms with Crippen LogP contribution in [0.1, 0.15) is 0 Å². The number of carbonyl (C=O) groups excluding carboxylic acids is 1. The van der Waals surface area contributed by atoms with Gasteiger partial charge in [-0.1, -0.05) is 15.9 Å². The van der Waals surface area contributed by atoms with Gasteiger partial charge in [0.05, 0.1) is 11.4 Å². The average molecular weight is 198 g/mol. The standard InChI is InChI=1S/C8H6BrO/c9-6-8(10)7-4-2-1-3-5-7/h1-2,4-5H,6H2/q+1. The molecule has 0 aromatic rings. The van der Waals surface area contributed by atoms with E-state index in [-0.39, 0.29) is 5.78 Å². The number of Topliss-reactive ketones (excluding diaryl/α,β-unsaturated/α-hetero) is 1. The largest absolute Gasteiger partial charge is 0.277 e. The Morgan fingerprint density at radius 1 is 1.70 bits per heavy atom. The molecule has 0 atom stereocenters. The molecule has 1 nitrogen and oxygen atoms in total. The molecule has 0 radical (unpaired) electrons. The highest BCUT2D eigenvalue weighted by Crippen LogP contribution is 2.05. The fourth-order valence-corrected chi connectivity index (χ4v) is 0.968. The van der Waals surface area contributed by atoms with Crippen LogP contribution in [-0.2, 0) is 4.79 Å². The van der Waals surface area contributed by atoms with Crippen molar-refractivity contribution in [2.24, 2.45) is 0 Å². The molecule has 1 aliphatic carbocycles. The molecule has 0 N–H and O–H groups in total. The monoisotopic (exact) mass is 197 g/mol. The van der Waals surface area contributed by atoms with Gasteiger partial charge < -0.3 is 0 Å². The number of hydrogen-bond donors (Lipinski definition) is 0. The van der Waals surface area contributed by atoms with Crippen molar-refractivity contribution in [2.75, 3.05) is 5.33 Å². The molecule has 0 saturated carbocycles. The van der Waals surface area contributed by atoms with E-state index >= 15 is 0 Å². The van der Waals surface area contributed by atoms with Crippen LogP contribution < -0.4 is 0 Å². The lowest BCUT2D eigenvalue weighted by atomic mass is 10.1. The number of alkyl halides is 1. The third-order valence-electron chi connectivity index (χ3n) is 1.15. The number of allylic oxidation sites excluding steroid dienone is 6. The summed E-state index contributed by atoms with van der Waals surface area (Å²) in [6, 6.07) is 0. The van der Waals surface area contributed by atoms with Crippen molar-refractivity contribution < 1.29 is 4.79 Å². The summed E-state index contributed by atoms with van der Waals surface area (Å²) >= 11 is 3.09. The molecule has 50 valence electrons. The molecule has 0 fully saturated rings. The van der Waals surface area contributed by atoms with E-state index in [0.29, 0.717) is 10.9 Å². The van der Waals surface area contributed by atoms with Crippen molar-refractivity contribution >= 4 is 21.7 Å². The molecule has 1 aliphatic rings. The van der Waals surface area contributed by atoms with E-state index < -0.39 is 0 Å². The van der Waals surface area contributed by atoms with Gasteiger partial charge in [-0.2, -0.15) is 0 Å². The second kappa shape index (κ2) is 3.45. The summed E-state index contributed by atoms with van der Waals surface area (Å²) in [5, 5.41) is 0.380. The molecule has 2 heteroatoms. The van der Waals surface area contributed by atoms with Crippen molar-refractivity contribution in [3.8, 4) is 0 Å². The highest BCUT2D eigenvalue weighted by molar-refractivity contribution is 9.09. The minimum atomic E-state index is 0.0943. The first-order valence-corrected chi connectivity index (χ1v) is 4.02. The van der Waals surface area contributed by atoms with E-state index in [1.54, 1.807) is 24.3 Å². The molecule has 0 aromatic carbocycles. The zero-order valence-corrected chi connectivity index (χ0v) is 6.89. The summed E-state index contributed by atoms with van der Waals surface area (Å²) in [6.45, 7) is 0. The second-order valence-corrected chi connectivity index (χ2v) is 2.41. The number of hydrogen-bond acceptors (Lipinski definition) is 1. The Bertz CT molecular complexity index is 223. The maximum absolute atomic E-state index is 10.9. The van der Waals surface area contributed by atoms with Crippen LogP contribution in [0.25, 0.3) is 0 Å². The van der Waals surface area contributed by atoms with Crippen LogP contribution in [-0.4, -0.2) is 11.1 Å². The maximum atomic E-state index is 10.9. The summed E-state index contributed by atoms with van der Waals surface area (Å²) in [7, 11) is 0. The van der Waals surface area contributed by atoms with Crippen molar-refractivity contribution in [3.05, 3.63) is 36.0 Å². The minimum Gasteiger partial charge on any atom is -0.277 e. The van der Waals surface area contributed by atoms with Crippen LogP contribution in [0.4, 0.5) is 0 Å². The number of rotatable bonds is 2. The molecule has 1 rings (SSSR count). The zero-order valence-electron chi connectivity index (χ0n) is 5.30. The van der Waals surface area contributed by atoms with Crippen LogP contribution >= 0.6 is 15.9 Å². The third kappa shape index (κ3) is 1.63. The lowest BCUT2D eigenvalue weighted by molar-refractivity contribution is -0.112. The number of carbonyl (C=O) groups is 1. The first kappa shape index (κ1) is 7.39. The van der Waals surface area contributed by atoms with Crippen molar-refractivity contribution in [2.45, 2.75) is 0 Å². The van der Waals surface area contributed by atoms with Crippen molar-refractivity contribution in [3.63, 3.8) is 0 Å². The smallest absolute Gasteiger partial charge is 0.228 e. The van der Waals surface area contributed by atoms with E-state index in [0.717, 1.165) is 0 Å². The third-order valence-corrected chi connectivity index (χ3v) is 1.66. The molecule has 10 heavy (non-hydrogen) atoms. The van der Waals surface area contributed by atoms with Crippen LogP contribution in [0.5, 0.6) is 0 Å². The van der Waals surface area contributed by atoms with Gasteiger partial charge in [0, 0.05) is 12.2 Å². The quantitative estimate of drug-likeness (QED) is 0.488. The molecule has 0 unspecified atom stereocenters. The van der Waals surface area contributed by atoms with Gasteiger partial charge in [0.25, 0.3) is 0 Å². The topological polar surface area (TPSA) is 17.1 Å². The first-order valence-electron chi connectivity index (χ1n) is 2.90. The first-order chi connectivity index (χ1) is 4.84. The molecule has 0 bridgehead atoms. The highest BCUT2D eigenvalue weighted by atomic mass is 79.9. The Morgan fingerprint density at radius 3 is 3.00 bits per heavy atom. The van der Waals surface area contributed by atoms with Crippen LogP contribution in [0, 0.1) is 6.08 Å². The van der Waals surface area contributed by atoms with Gasteiger partial charge >= 0.3 is 0 Å². The van der Waals surface area contributed by atoms with Crippen LogP contribution in [0.3, 0.4) is 0 Å². The highest BCUT2D eigenvalue weighted by Gasteiger charge is 2.11. The van der Waals surface area contributed by atoms with Crippen LogP contribution in [0.15, 0.2) is 29.9 Å².